The molecule has 5 rings (SSSR count). The summed E-state index contributed by atoms with van der Waals surface area (Å²) < 4.78 is 16.6. The number of hydrogen-bond acceptors (Lipinski definition) is 7. The van der Waals surface area contributed by atoms with Crippen molar-refractivity contribution in [1.29, 1.82) is 0 Å². The number of ether oxygens (including phenoxy) is 1. The highest BCUT2D eigenvalue weighted by Gasteiger charge is 2.22. The summed E-state index contributed by atoms with van der Waals surface area (Å²) in [5, 5.41) is 7.61. The lowest BCUT2D eigenvalue weighted by molar-refractivity contribution is -0.0704. The average Bonchev–Trinajstić information content (AvgIpc) is 3.48. The van der Waals surface area contributed by atoms with Crippen LogP contribution in [0, 0.1) is 6.92 Å². The Morgan fingerprint density at radius 2 is 1.85 bits per heavy atom. The van der Waals surface area contributed by atoms with Crippen LogP contribution < -0.4 is 5.32 Å². The van der Waals surface area contributed by atoms with Crippen molar-refractivity contribution in [3.8, 4) is 11.5 Å². The number of morpholine rings is 1. The van der Waals surface area contributed by atoms with E-state index in [9.17, 15) is 4.79 Å². The van der Waals surface area contributed by atoms with E-state index in [2.05, 4.69) is 58.5 Å². The second-order valence-corrected chi connectivity index (χ2v) is 8.93. The van der Waals surface area contributed by atoms with Crippen LogP contribution in [0.15, 0.2) is 57.7 Å². The topological polar surface area (TPSA) is 93.6 Å². The molecular formula is C26H28N4O4. The van der Waals surface area contributed by atoms with Gasteiger partial charge >= 0.3 is 0 Å². The quantitative estimate of drug-likeness (QED) is 0.458. The van der Waals surface area contributed by atoms with Crippen LogP contribution in [-0.4, -0.2) is 46.2 Å². The summed E-state index contributed by atoms with van der Waals surface area (Å²) >= 11 is 0. The minimum Gasteiger partial charge on any atom is -0.463 e. The number of aromatic nitrogens is 2. The number of carbonyl (C=O) groups excluding carboxylic acids is 1. The molecular weight excluding hydrogens is 432 g/mol. The smallest absolute Gasteiger partial charge is 0.259 e. The zero-order valence-corrected chi connectivity index (χ0v) is 19.6. The minimum atomic E-state index is -0.216. The normalized spacial score (nSPS) is 18.9. The SMILES string of the molecule is Cc1noc2nc(-c3ccco3)cc(C(=O)NCc3ccc(CN4CC(C)OC(C)C4)cc3)c12. The van der Waals surface area contributed by atoms with Gasteiger partial charge in [0.25, 0.3) is 11.6 Å². The second-order valence-electron chi connectivity index (χ2n) is 8.93. The lowest BCUT2D eigenvalue weighted by atomic mass is 10.1. The van der Waals surface area contributed by atoms with E-state index in [1.54, 1.807) is 31.4 Å². The molecule has 8 heteroatoms. The molecule has 4 heterocycles. The maximum Gasteiger partial charge on any atom is 0.259 e. The molecule has 0 spiro atoms. The number of amides is 1. The van der Waals surface area contributed by atoms with Crippen LogP contribution in [0.5, 0.6) is 0 Å². The number of benzene rings is 1. The van der Waals surface area contributed by atoms with E-state index >= 15 is 0 Å². The van der Waals surface area contributed by atoms with Crippen molar-refractivity contribution in [3.63, 3.8) is 0 Å². The van der Waals surface area contributed by atoms with Crippen molar-refractivity contribution in [1.82, 2.24) is 20.4 Å². The number of furan rings is 1. The number of fused-ring (bicyclic) bond motifs is 1. The molecule has 1 aromatic carbocycles. The van der Waals surface area contributed by atoms with Gasteiger partial charge in [-0.05, 0) is 50.1 Å². The Morgan fingerprint density at radius 1 is 1.12 bits per heavy atom. The summed E-state index contributed by atoms with van der Waals surface area (Å²) in [6.07, 6.45) is 2.07. The van der Waals surface area contributed by atoms with Crippen LogP contribution in [0.2, 0.25) is 0 Å². The van der Waals surface area contributed by atoms with Gasteiger partial charge in [-0.2, -0.15) is 0 Å². The van der Waals surface area contributed by atoms with Gasteiger partial charge in [0.2, 0.25) is 0 Å². The Kier molecular flexibility index (Phi) is 6.17. The molecule has 0 radical (unpaired) electrons. The fourth-order valence-corrected chi connectivity index (χ4v) is 4.54. The standard InChI is InChI=1S/C26H28N4O4/c1-16-13-30(14-17(2)33-16)15-20-8-6-19(7-9-20)12-27-25(31)21-11-22(23-5-4-10-32-23)28-26-24(21)18(3)29-34-26/h4-11,16-17H,12-15H2,1-3H3,(H,27,31). The first-order valence-corrected chi connectivity index (χ1v) is 11.5. The van der Waals surface area contributed by atoms with Crippen LogP contribution in [-0.2, 0) is 17.8 Å². The number of carbonyl (C=O) groups is 1. The monoisotopic (exact) mass is 460 g/mol. The number of aryl methyl sites for hydroxylation is 1. The van der Waals surface area contributed by atoms with Crippen molar-refractivity contribution >= 4 is 17.0 Å². The Labute approximate surface area is 197 Å². The van der Waals surface area contributed by atoms with E-state index in [0.717, 1.165) is 25.2 Å². The second kappa shape index (κ2) is 9.40. The molecule has 1 aliphatic rings. The van der Waals surface area contributed by atoms with Gasteiger partial charge in [0.05, 0.1) is 35.1 Å². The summed E-state index contributed by atoms with van der Waals surface area (Å²) in [5.41, 5.74) is 4.19. The van der Waals surface area contributed by atoms with Gasteiger partial charge in [0.15, 0.2) is 5.76 Å². The first-order chi connectivity index (χ1) is 16.5. The van der Waals surface area contributed by atoms with E-state index in [-0.39, 0.29) is 18.1 Å². The molecule has 3 aromatic heterocycles. The molecule has 0 bridgehead atoms. The van der Waals surface area contributed by atoms with E-state index in [4.69, 9.17) is 13.7 Å². The summed E-state index contributed by atoms with van der Waals surface area (Å²) in [4.78, 5) is 20.0. The largest absolute Gasteiger partial charge is 0.463 e. The van der Waals surface area contributed by atoms with Gasteiger partial charge in [-0.25, -0.2) is 4.98 Å². The summed E-state index contributed by atoms with van der Waals surface area (Å²) in [6.45, 7) is 9.20. The van der Waals surface area contributed by atoms with Crippen LogP contribution >= 0.6 is 0 Å². The van der Waals surface area contributed by atoms with Crippen molar-refractivity contribution in [2.24, 2.45) is 0 Å². The van der Waals surface area contributed by atoms with Gasteiger partial charge in [0, 0.05) is 26.2 Å². The van der Waals surface area contributed by atoms with Crippen molar-refractivity contribution in [2.45, 2.75) is 46.1 Å². The third-order valence-electron chi connectivity index (χ3n) is 6.01. The third-order valence-corrected chi connectivity index (χ3v) is 6.01. The molecule has 4 aromatic rings. The van der Waals surface area contributed by atoms with Crippen LogP contribution in [0.25, 0.3) is 22.6 Å². The van der Waals surface area contributed by atoms with Gasteiger partial charge < -0.3 is 19.0 Å². The van der Waals surface area contributed by atoms with Crippen molar-refractivity contribution in [2.75, 3.05) is 13.1 Å². The van der Waals surface area contributed by atoms with E-state index < -0.39 is 0 Å². The van der Waals surface area contributed by atoms with E-state index in [0.29, 0.717) is 40.4 Å². The number of rotatable bonds is 6. The number of nitrogens with zero attached hydrogens (tertiary/aromatic N) is 3. The lowest BCUT2D eigenvalue weighted by Gasteiger charge is -2.35. The van der Waals surface area contributed by atoms with Gasteiger partial charge in [-0.3, -0.25) is 9.69 Å². The Hall–Kier alpha value is -3.49. The van der Waals surface area contributed by atoms with Gasteiger partial charge in [-0.1, -0.05) is 29.4 Å². The summed E-state index contributed by atoms with van der Waals surface area (Å²) in [5.74, 6) is 0.344. The minimum absolute atomic E-state index is 0.216. The van der Waals surface area contributed by atoms with Crippen molar-refractivity contribution < 1.29 is 18.5 Å². The molecule has 176 valence electrons. The molecule has 0 saturated carbocycles. The van der Waals surface area contributed by atoms with Crippen molar-refractivity contribution in [3.05, 3.63) is 71.1 Å². The zero-order valence-electron chi connectivity index (χ0n) is 19.6. The number of pyridine rings is 1. The molecule has 0 aliphatic carbocycles. The molecule has 1 fully saturated rings. The maximum absolute atomic E-state index is 13.1. The molecule has 1 aliphatic heterocycles. The number of hydrogen-bond donors (Lipinski definition) is 1. The fraction of sp³-hybridized carbons (Fsp3) is 0.346. The highest BCUT2D eigenvalue weighted by molar-refractivity contribution is 6.06. The van der Waals surface area contributed by atoms with E-state index in [1.165, 1.54) is 5.56 Å². The van der Waals surface area contributed by atoms with Crippen LogP contribution in [0.1, 0.15) is 41.0 Å². The first-order valence-electron chi connectivity index (χ1n) is 11.5. The molecule has 2 unspecified atom stereocenters. The van der Waals surface area contributed by atoms with E-state index in [1.807, 2.05) is 0 Å². The van der Waals surface area contributed by atoms with Gasteiger partial charge in [0.1, 0.15) is 5.69 Å². The number of nitrogens with one attached hydrogen (secondary N) is 1. The molecule has 1 amide bonds. The zero-order chi connectivity index (χ0) is 23.7. The highest BCUT2D eigenvalue weighted by atomic mass is 16.5. The molecule has 1 saturated heterocycles. The van der Waals surface area contributed by atoms with Gasteiger partial charge in [-0.15, -0.1) is 0 Å². The summed E-state index contributed by atoms with van der Waals surface area (Å²) in [6, 6.07) is 13.6. The Balaban J connectivity index is 1.28. The fourth-order valence-electron chi connectivity index (χ4n) is 4.54. The summed E-state index contributed by atoms with van der Waals surface area (Å²) in [7, 11) is 0. The Morgan fingerprint density at radius 3 is 2.56 bits per heavy atom. The first kappa shape index (κ1) is 22.3. The molecule has 2 atom stereocenters. The predicted octanol–water partition coefficient (Wildman–Crippen LogP) is 4.33. The molecule has 1 N–H and O–H groups in total. The van der Waals surface area contributed by atoms with Crippen LogP contribution in [0.4, 0.5) is 0 Å². The molecule has 8 nitrogen and oxygen atoms in total. The predicted molar refractivity (Wildman–Crippen MR) is 127 cm³/mol. The molecule has 34 heavy (non-hydrogen) atoms. The third kappa shape index (κ3) is 4.73. The van der Waals surface area contributed by atoms with Crippen LogP contribution in [0.3, 0.4) is 0 Å². The highest BCUT2D eigenvalue weighted by Crippen LogP contribution is 2.27. The Bertz CT molecular complexity index is 1270. The maximum atomic E-state index is 13.1. The average molecular weight is 461 g/mol. The lowest BCUT2D eigenvalue weighted by Crippen LogP contribution is -2.44.